The summed E-state index contributed by atoms with van der Waals surface area (Å²) in [4.78, 5) is 1.32. The van der Waals surface area contributed by atoms with E-state index < -0.39 is 6.05 Å². The van der Waals surface area contributed by atoms with Gasteiger partial charge in [0, 0.05) is 19.0 Å². The van der Waals surface area contributed by atoms with E-state index in [2.05, 4.69) is 0 Å². The average molecular weight is 191 g/mol. The molecule has 0 aromatic heterocycles. The Hall–Kier alpha value is -0.180. The maximum atomic E-state index is 13.4. The van der Waals surface area contributed by atoms with Crippen LogP contribution in [0.1, 0.15) is 34.1 Å². The van der Waals surface area contributed by atoms with Crippen molar-refractivity contribution in [1.29, 1.82) is 0 Å². The van der Waals surface area contributed by atoms with Crippen molar-refractivity contribution in [3.05, 3.63) is 0 Å². The highest BCUT2D eigenvalue weighted by Crippen LogP contribution is 2.40. The largest absolute Gasteiger partial charge is 0.305 e. The molecule has 0 spiro atoms. The summed E-state index contributed by atoms with van der Waals surface area (Å²) >= 11 is 0. The molecule has 78 valence electrons. The van der Waals surface area contributed by atoms with Crippen LogP contribution in [-0.2, 0) is 0 Å². The van der Waals surface area contributed by atoms with E-state index >= 15 is 0 Å². The van der Waals surface area contributed by atoms with Crippen LogP contribution in [-0.4, -0.2) is 23.5 Å². The van der Waals surface area contributed by atoms with Gasteiger partial charge < -0.3 is 0 Å². The Kier molecular flexibility index (Phi) is 2.95. The molecule has 1 saturated heterocycles. The molecule has 0 aromatic rings. The molecule has 1 aliphatic heterocycles. The average Bonchev–Trinajstić information content (AvgIpc) is 2.25. The van der Waals surface area contributed by atoms with Crippen LogP contribution in [0.4, 0.5) is 8.78 Å². The van der Waals surface area contributed by atoms with Gasteiger partial charge in [-0.1, -0.05) is 13.8 Å². The molecule has 1 nitrogen and oxygen atoms in total. The lowest BCUT2D eigenvalue weighted by atomic mass is 9.95. The monoisotopic (exact) mass is 191 g/mol. The molecule has 0 aromatic carbocycles. The lowest BCUT2D eigenvalue weighted by Gasteiger charge is -2.27. The number of alkyl halides is 2. The number of rotatable bonds is 2. The predicted molar refractivity (Wildman–Crippen MR) is 49.7 cm³/mol. The Morgan fingerprint density at radius 3 is 2.00 bits per heavy atom. The number of halogens is 2. The molecule has 1 aliphatic rings. The van der Waals surface area contributed by atoms with Crippen molar-refractivity contribution in [2.24, 2.45) is 11.8 Å². The zero-order valence-electron chi connectivity index (χ0n) is 8.85. The highest BCUT2D eigenvalue weighted by atomic mass is 19.3. The molecule has 0 saturated carbocycles. The topological polar surface area (TPSA) is 3.24 Å². The van der Waals surface area contributed by atoms with Crippen molar-refractivity contribution in [2.75, 3.05) is 6.54 Å². The summed E-state index contributed by atoms with van der Waals surface area (Å²) in [5, 5.41) is 0. The minimum atomic E-state index is -2.58. The van der Waals surface area contributed by atoms with E-state index in [4.69, 9.17) is 0 Å². The highest BCUT2D eigenvalue weighted by molar-refractivity contribution is 4.87. The second-order valence-corrected chi connectivity index (χ2v) is 4.62. The molecule has 1 unspecified atom stereocenters. The molecular weight excluding hydrogens is 172 g/mol. The molecule has 1 rings (SSSR count). The van der Waals surface area contributed by atoms with Gasteiger partial charge in [-0.15, -0.1) is 0 Å². The molecule has 0 radical (unpaired) electrons. The summed E-state index contributed by atoms with van der Waals surface area (Å²) < 4.78 is 26.8. The van der Waals surface area contributed by atoms with Gasteiger partial charge in [0.2, 0.25) is 0 Å². The first-order chi connectivity index (χ1) is 5.84. The maximum absolute atomic E-state index is 13.4. The second-order valence-electron chi connectivity index (χ2n) is 4.62. The molecule has 0 bridgehead atoms. The van der Waals surface area contributed by atoms with Gasteiger partial charge in [-0.2, -0.15) is 8.78 Å². The van der Waals surface area contributed by atoms with Gasteiger partial charge in [0.05, 0.1) is 0 Å². The van der Waals surface area contributed by atoms with Gasteiger partial charge in [-0.05, 0) is 25.7 Å². The van der Waals surface area contributed by atoms with Crippen LogP contribution in [0.3, 0.4) is 0 Å². The number of hydrogen-bond donors (Lipinski definition) is 0. The molecule has 0 aliphatic carbocycles. The van der Waals surface area contributed by atoms with Gasteiger partial charge in [0.25, 0.3) is 0 Å². The summed E-state index contributed by atoms with van der Waals surface area (Å²) in [6.45, 7) is 8.24. The lowest BCUT2D eigenvalue weighted by molar-refractivity contribution is -0.132. The van der Waals surface area contributed by atoms with Gasteiger partial charge in [0.15, 0.2) is 0 Å². The molecule has 1 atom stereocenters. The van der Waals surface area contributed by atoms with Crippen molar-refractivity contribution in [1.82, 2.24) is 4.90 Å². The highest BCUT2D eigenvalue weighted by Gasteiger charge is 2.48. The molecule has 13 heavy (non-hydrogen) atoms. The van der Waals surface area contributed by atoms with Gasteiger partial charge in [0.1, 0.15) is 0 Å². The number of likely N-dealkylation sites (tertiary alicyclic amines) is 1. The van der Waals surface area contributed by atoms with E-state index in [9.17, 15) is 8.78 Å². The fraction of sp³-hybridized carbons (Fsp3) is 1.00. The fourth-order valence-electron chi connectivity index (χ4n) is 1.92. The minimum absolute atomic E-state index is 0.0306. The first-order valence-corrected chi connectivity index (χ1v) is 4.99. The molecule has 0 amide bonds. The van der Waals surface area contributed by atoms with Crippen molar-refractivity contribution < 1.29 is 8.78 Å². The number of nitrogens with zero attached hydrogens (tertiary/aromatic N) is 1. The van der Waals surface area contributed by atoms with Gasteiger partial charge in [-0.25, -0.2) is 4.90 Å². The summed E-state index contributed by atoms with van der Waals surface area (Å²) in [5.74, 6) is 0.507. The van der Waals surface area contributed by atoms with Crippen molar-refractivity contribution in [2.45, 2.75) is 46.2 Å². The van der Waals surface area contributed by atoms with E-state index in [0.717, 1.165) is 0 Å². The van der Waals surface area contributed by atoms with Crippen molar-refractivity contribution >= 4 is 0 Å². The second kappa shape index (κ2) is 3.52. The summed E-state index contributed by atoms with van der Waals surface area (Å²) in [7, 11) is 0. The zero-order valence-corrected chi connectivity index (χ0v) is 8.85. The Balaban J connectivity index is 2.68. The maximum Gasteiger partial charge on any atom is 0.305 e. The fourth-order valence-corrected chi connectivity index (χ4v) is 1.92. The lowest BCUT2D eigenvalue weighted by Crippen LogP contribution is -2.40. The normalized spacial score (nSPS) is 29.1. The van der Waals surface area contributed by atoms with E-state index in [0.29, 0.717) is 12.5 Å². The van der Waals surface area contributed by atoms with E-state index in [-0.39, 0.29) is 18.4 Å². The van der Waals surface area contributed by atoms with Crippen LogP contribution in [0.25, 0.3) is 0 Å². The standard InChI is InChI=1S/C10H19F2N/c1-7(2)9-5-10(11,12)13(6-9)8(3)4/h7-9H,5-6H2,1-4H3. The van der Waals surface area contributed by atoms with Crippen LogP contribution in [0.15, 0.2) is 0 Å². The molecule has 0 N–H and O–H groups in total. The Morgan fingerprint density at radius 1 is 1.23 bits per heavy atom. The smallest absolute Gasteiger partial charge is 0.242 e. The van der Waals surface area contributed by atoms with Crippen LogP contribution < -0.4 is 0 Å². The third-order valence-corrected chi connectivity index (χ3v) is 2.93. The molecule has 3 heteroatoms. The SMILES string of the molecule is CC(C)C1CN(C(C)C)C(F)(F)C1. The molecule has 1 fully saturated rings. The van der Waals surface area contributed by atoms with Crippen molar-refractivity contribution in [3.8, 4) is 0 Å². The Labute approximate surface area is 79.1 Å². The van der Waals surface area contributed by atoms with Crippen LogP contribution >= 0.6 is 0 Å². The van der Waals surface area contributed by atoms with E-state index in [1.165, 1.54) is 4.90 Å². The summed E-state index contributed by atoms with van der Waals surface area (Å²) in [5.41, 5.74) is 0. The van der Waals surface area contributed by atoms with Gasteiger partial charge >= 0.3 is 6.05 Å². The first-order valence-electron chi connectivity index (χ1n) is 4.99. The van der Waals surface area contributed by atoms with Gasteiger partial charge in [-0.3, -0.25) is 0 Å². The van der Waals surface area contributed by atoms with E-state index in [1.807, 2.05) is 27.7 Å². The van der Waals surface area contributed by atoms with Crippen LogP contribution in [0.5, 0.6) is 0 Å². The summed E-state index contributed by atoms with van der Waals surface area (Å²) in [6, 6.07) is -2.64. The van der Waals surface area contributed by atoms with E-state index in [1.54, 1.807) is 0 Å². The van der Waals surface area contributed by atoms with Crippen LogP contribution in [0.2, 0.25) is 0 Å². The quantitative estimate of drug-likeness (QED) is 0.606. The Bertz CT molecular complexity index is 178. The minimum Gasteiger partial charge on any atom is -0.242 e. The third kappa shape index (κ3) is 2.19. The van der Waals surface area contributed by atoms with Crippen molar-refractivity contribution in [3.63, 3.8) is 0 Å². The molecule has 1 heterocycles. The predicted octanol–water partition coefficient (Wildman–Crippen LogP) is 2.97. The Morgan fingerprint density at radius 2 is 1.77 bits per heavy atom. The molecular formula is C10H19F2N. The third-order valence-electron chi connectivity index (χ3n) is 2.93. The first kappa shape index (κ1) is 10.9. The zero-order chi connectivity index (χ0) is 10.2. The number of hydrogen-bond acceptors (Lipinski definition) is 1. The summed E-state index contributed by atoms with van der Waals surface area (Å²) in [6.07, 6.45) is 0.0306. The van der Waals surface area contributed by atoms with Crippen LogP contribution in [0, 0.1) is 11.8 Å².